The van der Waals surface area contributed by atoms with Crippen molar-refractivity contribution in [2.75, 3.05) is 12.3 Å². The van der Waals surface area contributed by atoms with Crippen LogP contribution >= 0.6 is 0 Å². The first-order valence-electron chi connectivity index (χ1n) is 4.48. The van der Waals surface area contributed by atoms with Crippen molar-refractivity contribution in [2.24, 2.45) is 5.73 Å². The molecule has 0 unspecified atom stereocenters. The summed E-state index contributed by atoms with van der Waals surface area (Å²) < 4.78 is 0. The lowest BCUT2D eigenvalue weighted by Crippen LogP contribution is -2.34. The van der Waals surface area contributed by atoms with Crippen molar-refractivity contribution in [3.63, 3.8) is 0 Å². The fourth-order valence-corrected chi connectivity index (χ4v) is 1.12. The van der Waals surface area contributed by atoms with Gasteiger partial charge in [-0.25, -0.2) is 0 Å². The molecule has 0 spiro atoms. The molecule has 0 atom stereocenters. The Morgan fingerprint density at radius 3 is 2.53 bits per heavy atom. The standard InChI is InChI=1S/C10H13N3O2/c11-8-4-2-1-3-7(8)5-10(15)13-6-9(12)14/h1-4H,5-6,11H2,(H2,12,14)(H,13,15). The molecule has 0 fully saturated rings. The number of nitrogens with two attached hydrogens (primary N) is 2. The molecule has 0 heterocycles. The fraction of sp³-hybridized carbons (Fsp3) is 0.200. The lowest BCUT2D eigenvalue weighted by molar-refractivity contribution is -0.124. The molecular formula is C10H13N3O2. The van der Waals surface area contributed by atoms with Gasteiger partial charge < -0.3 is 16.8 Å². The SMILES string of the molecule is NC(=O)CNC(=O)Cc1ccccc1N. The second-order valence-corrected chi connectivity index (χ2v) is 3.12. The third kappa shape index (κ3) is 3.68. The van der Waals surface area contributed by atoms with Gasteiger partial charge in [0.1, 0.15) is 0 Å². The number of nitrogens with one attached hydrogen (secondary N) is 1. The van der Waals surface area contributed by atoms with Crippen LogP contribution in [0.4, 0.5) is 5.69 Å². The maximum atomic E-state index is 11.3. The zero-order chi connectivity index (χ0) is 11.3. The molecule has 0 saturated heterocycles. The van der Waals surface area contributed by atoms with E-state index >= 15 is 0 Å². The summed E-state index contributed by atoms with van der Waals surface area (Å²) in [7, 11) is 0. The molecule has 15 heavy (non-hydrogen) atoms. The van der Waals surface area contributed by atoms with E-state index in [1.165, 1.54) is 0 Å². The average Bonchev–Trinajstić information content (AvgIpc) is 2.18. The van der Waals surface area contributed by atoms with Crippen LogP contribution in [0.1, 0.15) is 5.56 Å². The first-order valence-corrected chi connectivity index (χ1v) is 4.48. The number of benzene rings is 1. The van der Waals surface area contributed by atoms with E-state index < -0.39 is 5.91 Å². The molecular weight excluding hydrogens is 194 g/mol. The van der Waals surface area contributed by atoms with Gasteiger partial charge in [0.05, 0.1) is 13.0 Å². The number of para-hydroxylation sites is 1. The molecule has 0 saturated carbocycles. The number of hydrogen-bond donors (Lipinski definition) is 3. The van der Waals surface area contributed by atoms with E-state index in [0.717, 1.165) is 5.56 Å². The monoisotopic (exact) mass is 207 g/mol. The van der Waals surface area contributed by atoms with Gasteiger partial charge in [0.25, 0.3) is 0 Å². The maximum Gasteiger partial charge on any atom is 0.236 e. The molecule has 5 N–H and O–H groups in total. The second kappa shape index (κ2) is 4.99. The van der Waals surface area contributed by atoms with Gasteiger partial charge in [0.15, 0.2) is 0 Å². The van der Waals surface area contributed by atoms with Crippen LogP contribution in [0.15, 0.2) is 24.3 Å². The summed E-state index contributed by atoms with van der Waals surface area (Å²) in [5.41, 5.74) is 11.8. The molecule has 5 nitrogen and oxygen atoms in total. The number of carbonyl (C=O) groups excluding carboxylic acids is 2. The Balaban J connectivity index is 2.52. The minimum Gasteiger partial charge on any atom is -0.398 e. The molecule has 0 aliphatic carbocycles. The molecule has 0 aliphatic rings. The summed E-state index contributed by atoms with van der Waals surface area (Å²) in [5, 5.41) is 2.39. The van der Waals surface area contributed by atoms with Gasteiger partial charge >= 0.3 is 0 Å². The van der Waals surface area contributed by atoms with Gasteiger partial charge in [0.2, 0.25) is 11.8 Å². The van der Waals surface area contributed by atoms with Crippen LogP contribution in [0, 0.1) is 0 Å². The van der Waals surface area contributed by atoms with Crippen LogP contribution in [0.5, 0.6) is 0 Å². The van der Waals surface area contributed by atoms with E-state index in [9.17, 15) is 9.59 Å². The highest BCUT2D eigenvalue weighted by Crippen LogP contribution is 2.10. The molecule has 1 aromatic rings. The molecule has 0 aliphatic heterocycles. The van der Waals surface area contributed by atoms with Crippen LogP contribution in [-0.2, 0) is 16.0 Å². The Bertz CT molecular complexity index is 377. The minimum absolute atomic E-state index is 0.147. The smallest absolute Gasteiger partial charge is 0.236 e. The summed E-state index contributed by atoms with van der Waals surface area (Å²) >= 11 is 0. The number of rotatable bonds is 4. The topological polar surface area (TPSA) is 98.2 Å². The first-order chi connectivity index (χ1) is 7.09. The Morgan fingerprint density at radius 2 is 1.93 bits per heavy atom. The second-order valence-electron chi connectivity index (χ2n) is 3.12. The molecule has 1 rings (SSSR count). The number of carbonyl (C=O) groups is 2. The van der Waals surface area contributed by atoms with Gasteiger partial charge in [-0.15, -0.1) is 0 Å². The van der Waals surface area contributed by atoms with E-state index in [2.05, 4.69) is 5.32 Å². The molecule has 5 heteroatoms. The number of primary amides is 1. The third-order valence-corrected chi connectivity index (χ3v) is 1.87. The van der Waals surface area contributed by atoms with Crippen molar-refractivity contribution in [1.82, 2.24) is 5.32 Å². The number of hydrogen-bond acceptors (Lipinski definition) is 3. The molecule has 1 aromatic carbocycles. The van der Waals surface area contributed by atoms with Gasteiger partial charge in [-0.1, -0.05) is 18.2 Å². The van der Waals surface area contributed by atoms with Crippen LogP contribution in [0.3, 0.4) is 0 Å². The third-order valence-electron chi connectivity index (χ3n) is 1.87. The van der Waals surface area contributed by atoms with Crippen molar-refractivity contribution in [3.8, 4) is 0 Å². The van der Waals surface area contributed by atoms with Crippen LogP contribution in [0.25, 0.3) is 0 Å². The normalized spacial score (nSPS) is 9.60. The first kappa shape index (κ1) is 11.0. The van der Waals surface area contributed by atoms with E-state index in [1.807, 2.05) is 0 Å². The summed E-state index contributed by atoms with van der Waals surface area (Å²) in [4.78, 5) is 21.7. The van der Waals surface area contributed by atoms with E-state index in [4.69, 9.17) is 11.5 Å². The van der Waals surface area contributed by atoms with Crippen LogP contribution in [-0.4, -0.2) is 18.4 Å². The highest BCUT2D eigenvalue weighted by atomic mass is 16.2. The molecule has 0 aromatic heterocycles. The molecule has 80 valence electrons. The minimum atomic E-state index is -0.565. The Morgan fingerprint density at radius 1 is 1.27 bits per heavy atom. The van der Waals surface area contributed by atoms with Gasteiger partial charge in [0, 0.05) is 5.69 Å². The van der Waals surface area contributed by atoms with Gasteiger partial charge in [-0.05, 0) is 11.6 Å². The van der Waals surface area contributed by atoms with Crippen molar-refractivity contribution >= 4 is 17.5 Å². The van der Waals surface area contributed by atoms with Crippen molar-refractivity contribution in [2.45, 2.75) is 6.42 Å². The zero-order valence-corrected chi connectivity index (χ0v) is 8.19. The number of amides is 2. The zero-order valence-electron chi connectivity index (χ0n) is 8.19. The quantitative estimate of drug-likeness (QED) is 0.575. The highest BCUT2D eigenvalue weighted by molar-refractivity contribution is 5.85. The van der Waals surface area contributed by atoms with Crippen LogP contribution in [0.2, 0.25) is 0 Å². The fourth-order valence-electron chi connectivity index (χ4n) is 1.12. The van der Waals surface area contributed by atoms with Crippen molar-refractivity contribution < 1.29 is 9.59 Å². The lowest BCUT2D eigenvalue weighted by Gasteiger charge is -2.05. The summed E-state index contributed by atoms with van der Waals surface area (Å²) in [6.07, 6.45) is 0.153. The highest BCUT2D eigenvalue weighted by Gasteiger charge is 2.06. The van der Waals surface area contributed by atoms with Crippen molar-refractivity contribution in [3.05, 3.63) is 29.8 Å². The summed E-state index contributed by atoms with van der Waals surface area (Å²) in [5.74, 6) is -0.837. The van der Waals surface area contributed by atoms with Gasteiger partial charge in [-0.3, -0.25) is 9.59 Å². The average molecular weight is 207 g/mol. The summed E-state index contributed by atoms with van der Waals surface area (Å²) in [6, 6.07) is 7.07. The predicted molar refractivity (Wildman–Crippen MR) is 56.8 cm³/mol. The Hall–Kier alpha value is -2.04. The Labute approximate surface area is 87.4 Å². The van der Waals surface area contributed by atoms with E-state index in [0.29, 0.717) is 5.69 Å². The maximum absolute atomic E-state index is 11.3. The largest absolute Gasteiger partial charge is 0.398 e. The van der Waals surface area contributed by atoms with Crippen molar-refractivity contribution in [1.29, 1.82) is 0 Å². The summed E-state index contributed by atoms with van der Waals surface area (Å²) in [6.45, 7) is -0.147. The number of nitrogen functional groups attached to an aromatic ring is 1. The van der Waals surface area contributed by atoms with E-state index in [1.54, 1.807) is 24.3 Å². The molecule has 0 bridgehead atoms. The number of anilines is 1. The van der Waals surface area contributed by atoms with E-state index in [-0.39, 0.29) is 18.9 Å². The van der Waals surface area contributed by atoms with Gasteiger partial charge in [-0.2, -0.15) is 0 Å². The predicted octanol–water partition coefficient (Wildman–Crippen LogP) is -0.587. The van der Waals surface area contributed by atoms with Crippen LogP contribution < -0.4 is 16.8 Å². The Kier molecular flexibility index (Phi) is 3.68. The lowest BCUT2D eigenvalue weighted by atomic mass is 10.1. The molecule has 2 amide bonds. The molecule has 0 radical (unpaired) electrons.